The number of hydrogen-bond acceptors (Lipinski definition) is 4. The maximum absolute atomic E-state index is 13.7. The first kappa shape index (κ1) is 21.5. The van der Waals surface area contributed by atoms with Crippen molar-refractivity contribution in [2.75, 3.05) is 26.3 Å². The fourth-order valence-electron chi connectivity index (χ4n) is 4.70. The van der Waals surface area contributed by atoms with Crippen molar-refractivity contribution in [1.82, 2.24) is 15.2 Å². The number of aromatic nitrogens is 1. The molecule has 2 fully saturated rings. The lowest BCUT2D eigenvalue weighted by Gasteiger charge is -2.39. The van der Waals surface area contributed by atoms with E-state index in [9.17, 15) is 9.59 Å². The molecule has 2 aliphatic heterocycles. The Morgan fingerprint density at radius 2 is 1.90 bits per heavy atom. The van der Waals surface area contributed by atoms with Crippen molar-refractivity contribution >= 4 is 11.8 Å². The summed E-state index contributed by atoms with van der Waals surface area (Å²) in [4.78, 5) is 32.7. The number of benzene rings is 1. The third-order valence-corrected chi connectivity index (χ3v) is 6.75. The zero-order valence-electron chi connectivity index (χ0n) is 18.4. The molecule has 1 N–H and O–H groups in total. The van der Waals surface area contributed by atoms with Crippen molar-refractivity contribution in [3.05, 3.63) is 65.0 Å². The molecule has 31 heavy (non-hydrogen) atoms. The van der Waals surface area contributed by atoms with E-state index < -0.39 is 5.41 Å². The smallest absolute Gasteiger partial charge is 0.233 e. The van der Waals surface area contributed by atoms with Crippen LogP contribution in [0.4, 0.5) is 0 Å². The number of rotatable bonds is 5. The number of aryl methyl sites for hydroxylation is 2. The summed E-state index contributed by atoms with van der Waals surface area (Å²) in [5.41, 5.74) is 3.62. The summed E-state index contributed by atoms with van der Waals surface area (Å²) >= 11 is 0. The Morgan fingerprint density at radius 1 is 1.16 bits per heavy atom. The van der Waals surface area contributed by atoms with Gasteiger partial charge >= 0.3 is 0 Å². The van der Waals surface area contributed by atoms with Gasteiger partial charge in [0.15, 0.2) is 0 Å². The first-order valence-corrected chi connectivity index (χ1v) is 11.1. The summed E-state index contributed by atoms with van der Waals surface area (Å²) in [6, 6.07) is 12.2. The second-order valence-corrected chi connectivity index (χ2v) is 8.78. The molecule has 0 saturated carbocycles. The SMILES string of the molecule is Cc1ccc(C2(C(=O)N3CCC(C(=O)NCc4ncccc4C)C3)CCOCC2)cc1. The molecule has 2 amide bonds. The molecule has 0 bridgehead atoms. The van der Waals surface area contributed by atoms with Gasteiger partial charge in [-0.15, -0.1) is 0 Å². The van der Waals surface area contributed by atoms with E-state index in [1.54, 1.807) is 6.20 Å². The zero-order valence-corrected chi connectivity index (χ0v) is 18.4. The van der Waals surface area contributed by atoms with Gasteiger partial charge in [0.2, 0.25) is 11.8 Å². The van der Waals surface area contributed by atoms with E-state index in [2.05, 4.69) is 41.5 Å². The molecule has 1 atom stereocenters. The summed E-state index contributed by atoms with van der Waals surface area (Å²) < 4.78 is 5.58. The molecular weight excluding hydrogens is 390 g/mol. The van der Waals surface area contributed by atoms with Gasteiger partial charge in [0.05, 0.1) is 23.6 Å². The van der Waals surface area contributed by atoms with Gasteiger partial charge in [0.25, 0.3) is 0 Å². The van der Waals surface area contributed by atoms with Gasteiger partial charge in [0.1, 0.15) is 0 Å². The minimum absolute atomic E-state index is 0.00304. The van der Waals surface area contributed by atoms with Crippen molar-refractivity contribution in [3.8, 4) is 0 Å². The Kier molecular flexibility index (Phi) is 6.37. The molecule has 1 aromatic heterocycles. The third-order valence-electron chi connectivity index (χ3n) is 6.75. The Bertz CT molecular complexity index is 935. The van der Waals surface area contributed by atoms with Gasteiger partial charge in [0, 0.05) is 32.5 Å². The van der Waals surface area contributed by atoms with Crippen LogP contribution in [0.25, 0.3) is 0 Å². The van der Waals surface area contributed by atoms with E-state index in [0.29, 0.717) is 52.1 Å². The quantitative estimate of drug-likeness (QED) is 0.806. The highest BCUT2D eigenvalue weighted by Gasteiger charge is 2.46. The zero-order chi connectivity index (χ0) is 21.8. The van der Waals surface area contributed by atoms with Gasteiger partial charge in [-0.3, -0.25) is 14.6 Å². The minimum Gasteiger partial charge on any atom is -0.381 e. The topological polar surface area (TPSA) is 71.5 Å². The number of amides is 2. The fraction of sp³-hybridized carbons (Fsp3) is 0.480. The van der Waals surface area contributed by atoms with Crippen molar-refractivity contribution in [1.29, 1.82) is 0 Å². The maximum atomic E-state index is 13.7. The summed E-state index contributed by atoms with van der Waals surface area (Å²) in [5.74, 6) is -0.0462. The van der Waals surface area contributed by atoms with Gasteiger partial charge in [-0.25, -0.2) is 0 Å². The van der Waals surface area contributed by atoms with Gasteiger partial charge in [-0.05, 0) is 50.3 Å². The van der Waals surface area contributed by atoms with E-state index in [4.69, 9.17) is 4.74 Å². The average molecular weight is 422 g/mol. The highest BCUT2D eigenvalue weighted by Crippen LogP contribution is 2.38. The molecule has 4 rings (SSSR count). The first-order valence-electron chi connectivity index (χ1n) is 11.1. The predicted molar refractivity (Wildman–Crippen MR) is 118 cm³/mol. The van der Waals surface area contributed by atoms with Crippen LogP contribution in [0.15, 0.2) is 42.6 Å². The van der Waals surface area contributed by atoms with Crippen LogP contribution in [0.3, 0.4) is 0 Å². The van der Waals surface area contributed by atoms with E-state index in [1.165, 1.54) is 5.56 Å². The van der Waals surface area contributed by atoms with E-state index in [-0.39, 0.29) is 17.7 Å². The highest BCUT2D eigenvalue weighted by atomic mass is 16.5. The highest BCUT2D eigenvalue weighted by molar-refractivity contribution is 5.90. The van der Waals surface area contributed by atoms with Crippen molar-refractivity contribution in [2.45, 2.75) is 45.1 Å². The number of hydrogen-bond donors (Lipinski definition) is 1. The van der Waals surface area contributed by atoms with E-state index in [1.807, 2.05) is 24.0 Å². The number of carbonyl (C=O) groups is 2. The molecule has 0 radical (unpaired) electrons. The van der Waals surface area contributed by atoms with Gasteiger partial charge in [-0.2, -0.15) is 0 Å². The van der Waals surface area contributed by atoms with Crippen LogP contribution in [0.2, 0.25) is 0 Å². The molecule has 164 valence electrons. The fourth-order valence-corrected chi connectivity index (χ4v) is 4.70. The van der Waals surface area contributed by atoms with Crippen LogP contribution in [0.5, 0.6) is 0 Å². The summed E-state index contributed by atoms with van der Waals surface area (Å²) in [5, 5.41) is 3.01. The first-order chi connectivity index (χ1) is 15.0. The minimum atomic E-state index is -0.553. The molecule has 2 aliphatic rings. The molecule has 2 saturated heterocycles. The normalized spacial score (nSPS) is 20.5. The monoisotopic (exact) mass is 421 g/mol. The molecule has 1 aromatic carbocycles. The maximum Gasteiger partial charge on any atom is 0.233 e. The predicted octanol–water partition coefficient (Wildman–Crippen LogP) is 2.91. The van der Waals surface area contributed by atoms with Gasteiger partial charge < -0.3 is 15.0 Å². The van der Waals surface area contributed by atoms with Crippen LogP contribution >= 0.6 is 0 Å². The van der Waals surface area contributed by atoms with Crippen LogP contribution in [-0.4, -0.2) is 48.0 Å². The van der Waals surface area contributed by atoms with Crippen LogP contribution in [0.1, 0.15) is 41.6 Å². The number of pyridine rings is 1. The van der Waals surface area contributed by atoms with E-state index in [0.717, 1.165) is 16.8 Å². The largest absolute Gasteiger partial charge is 0.381 e. The Morgan fingerprint density at radius 3 is 2.61 bits per heavy atom. The molecule has 0 aliphatic carbocycles. The second-order valence-electron chi connectivity index (χ2n) is 8.78. The summed E-state index contributed by atoms with van der Waals surface area (Å²) in [7, 11) is 0. The lowest BCUT2D eigenvalue weighted by Crippen LogP contribution is -2.49. The number of likely N-dealkylation sites (tertiary alicyclic amines) is 1. The molecule has 0 spiro atoms. The number of carbonyl (C=O) groups excluding carboxylic acids is 2. The van der Waals surface area contributed by atoms with Crippen LogP contribution in [0, 0.1) is 19.8 Å². The number of nitrogens with one attached hydrogen (secondary N) is 1. The third kappa shape index (κ3) is 4.49. The standard InChI is InChI=1S/C25H31N3O3/c1-18-5-7-21(8-6-18)25(10-14-31-15-11-25)24(30)28-13-9-20(17-28)23(29)27-16-22-19(2)4-3-12-26-22/h3-8,12,20H,9-11,13-17H2,1-2H3,(H,27,29). The van der Waals surface area contributed by atoms with Crippen molar-refractivity contribution in [3.63, 3.8) is 0 Å². The average Bonchev–Trinajstić information content (AvgIpc) is 3.29. The Labute approximate surface area is 184 Å². The van der Waals surface area contributed by atoms with Crippen LogP contribution in [-0.2, 0) is 26.3 Å². The Hall–Kier alpha value is -2.73. The molecule has 2 aromatic rings. The summed E-state index contributed by atoms with van der Waals surface area (Å²) in [6.07, 6.45) is 3.80. The number of ether oxygens (including phenoxy) is 1. The molecule has 6 nitrogen and oxygen atoms in total. The van der Waals surface area contributed by atoms with Crippen molar-refractivity contribution < 1.29 is 14.3 Å². The summed E-state index contributed by atoms with van der Waals surface area (Å²) in [6.45, 7) is 6.72. The number of nitrogens with zero attached hydrogens (tertiary/aromatic N) is 2. The van der Waals surface area contributed by atoms with E-state index >= 15 is 0 Å². The van der Waals surface area contributed by atoms with Crippen LogP contribution < -0.4 is 5.32 Å². The van der Waals surface area contributed by atoms with Gasteiger partial charge in [-0.1, -0.05) is 35.9 Å². The molecule has 3 heterocycles. The lowest BCUT2D eigenvalue weighted by atomic mass is 9.73. The molecule has 1 unspecified atom stereocenters. The Balaban J connectivity index is 1.43. The molecule has 6 heteroatoms. The lowest BCUT2D eigenvalue weighted by molar-refractivity contribution is -0.140. The second kappa shape index (κ2) is 9.18. The van der Waals surface area contributed by atoms with Crippen molar-refractivity contribution in [2.24, 2.45) is 5.92 Å². The molecular formula is C25H31N3O3.